The van der Waals surface area contributed by atoms with E-state index in [-0.39, 0.29) is 12.3 Å². The summed E-state index contributed by atoms with van der Waals surface area (Å²) in [4.78, 5) is 24.1. The zero-order valence-corrected chi connectivity index (χ0v) is 16.9. The average Bonchev–Trinajstić information content (AvgIpc) is 2.60. The Balaban J connectivity index is 1.87. The molecule has 0 aliphatic carbocycles. The van der Waals surface area contributed by atoms with Crippen LogP contribution in [0.1, 0.15) is 29.8 Å². The van der Waals surface area contributed by atoms with Crippen molar-refractivity contribution in [2.75, 3.05) is 6.61 Å². The summed E-state index contributed by atoms with van der Waals surface area (Å²) in [5.74, 6) is 0.338. The first kappa shape index (κ1) is 20.3. The Morgan fingerprint density at radius 3 is 2.42 bits per heavy atom. The van der Waals surface area contributed by atoms with Crippen molar-refractivity contribution in [3.8, 4) is 5.75 Å². The Morgan fingerprint density at radius 1 is 1.12 bits per heavy atom. The number of ether oxygens (including phenoxy) is 1. The maximum absolute atomic E-state index is 12.2. The molecule has 0 spiro atoms. The highest BCUT2D eigenvalue weighted by atomic mass is 79.9. The van der Waals surface area contributed by atoms with Gasteiger partial charge in [-0.25, -0.2) is 0 Å². The summed E-state index contributed by atoms with van der Waals surface area (Å²) in [6.07, 6.45) is 0.142. The number of hydrogen-bond acceptors (Lipinski definition) is 3. The van der Waals surface area contributed by atoms with Crippen molar-refractivity contribution in [2.24, 2.45) is 5.92 Å². The summed E-state index contributed by atoms with van der Waals surface area (Å²) in [6, 6.07) is 12.0. The summed E-state index contributed by atoms with van der Waals surface area (Å²) < 4.78 is 6.33. The van der Waals surface area contributed by atoms with E-state index in [1.54, 1.807) is 42.5 Å². The molecule has 26 heavy (non-hydrogen) atoms. The van der Waals surface area contributed by atoms with E-state index in [2.05, 4.69) is 40.6 Å². The van der Waals surface area contributed by atoms with E-state index in [0.29, 0.717) is 33.3 Å². The van der Waals surface area contributed by atoms with Gasteiger partial charge in [-0.1, -0.05) is 37.6 Å². The molecule has 7 heteroatoms. The number of amides is 2. The van der Waals surface area contributed by atoms with Crippen LogP contribution >= 0.6 is 27.5 Å². The van der Waals surface area contributed by atoms with E-state index in [9.17, 15) is 9.59 Å². The fourth-order valence-corrected chi connectivity index (χ4v) is 2.67. The molecular weight excluding hydrogens is 420 g/mol. The van der Waals surface area contributed by atoms with Crippen molar-refractivity contribution in [1.29, 1.82) is 0 Å². The van der Waals surface area contributed by atoms with Crippen molar-refractivity contribution in [1.82, 2.24) is 10.9 Å². The lowest BCUT2D eigenvalue weighted by atomic mass is 10.1. The third kappa shape index (κ3) is 6.35. The minimum Gasteiger partial charge on any atom is -0.492 e. The molecule has 2 aromatic carbocycles. The van der Waals surface area contributed by atoms with Crippen LogP contribution in [0.25, 0.3) is 0 Å². The van der Waals surface area contributed by atoms with Crippen LogP contribution in [0.15, 0.2) is 46.9 Å². The van der Waals surface area contributed by atoms with E-state index in [1.165, 1.54) is 0 Å². The number of hydrogen-bond donors (Lipinski definition) is 2. The van der Waals surface area contributed by atoms with Crippen molar-refractivity contribution < 1.29 is 14.3 Å². The van der Waals surface area contributed by atoms with Crippen molar-refractivity contribution >= 4 is 39.3 Å². The molecule has 0 bridgehead atoms. The molecule has 5 nitrogen and oxygen atoms in total. The summed E-state index contributed by atoms with van der Waals surface area (Å²) in [5.41, 5.74) is 6.01. The lowest BCUT2D eigenvalue weighted by Gasteiger charge is -2.12. The van der Waals surface area contributed by atoms with E-state index in [4.69, 9.17) is 16.3 Å². The molecule has 0 unspecified atom stereocenters. The highest BCUT2D eigenvalue weighted by Crippen LogP contribution is 2.26. The van der Waals surface area contributed by atoms with Crippen LogP contribution in [0.2, 0.25) is 5.02 Å². The molecule has 0 heterocycles. The minimum absolute atomic E-state index is 0.142. The van der Waals surface area contributed by atoms with Crippen LogP contribution < -0.4 is 15.6 Å². The second-order valence-electron chi connectivity index (χ2n) is 6.16. The standard InChI is InChI=1S/C19H20BrClN2O3/c1-12(2)11-26-17-8-5-14(10-16(17)20)19(25)23-22-18(24)9-13-3-6-15(21)7-4-13/h3-8,10,12H,9,11H2,1-2H3,(H,22,24)(H,23,25). The van der Waals surface area contributed by atoms with Crippen LogP contribution in [-0.4, -0.2) is 18.4 Å². The number of rotatable bonds is 6. The van der Waals surface area contributed by atoms with Crippen molar-refractivity contribution in [3.63, 3.8) is 0 Å². The Kier molecular flexibility index (Phi) is 7.48. The van der Waals surface area contributed by atoms with Gasteiger partial charge in [0.25, 0.3) is 5.91 Å². The van der Waals surface area contributed by atoms with Gasteiger partial charge in [-0.05, 0) is 57.7 Å². The zero-order valence-electron chi connectivity index (χ0n) is 14.5. The van der Waals surface area contributed by atoms with Crippen molar-refractivity contribution in [2.45, 2.75) is 20.3 Å². The van der Waals surface area contributed by atoms with Gasteiger partial charge in [0.1, 0.15) is 5.75 Å². The van der Waals surface area contributed by atoms with Gasteiger partial charge in [0.2, 0.25) is 5.91 Å². The smallest absolute Gasteiger partial charge is 0.269 e. The molecule has 0 aromatic heterocycles. The van der Waals surface area contributed by atoms with E-state index in [0.717, 1.165) is 5.56 Å². The molecule has 0 saturated carbocycles. The van der Waals surface area contributed by atoms with Crippen LogP contribution in [0, 0.1) is 5.92 Å². The van der Waals surface area contributed by atoms with Gasteiger partial charge in [-0.15, -0.1) is 0 Å². The first-order chi connectivity index (χ1) is 12.3. The third-order valence-corrected chi connectivity index (χ3v) is 4.23. The summed E-state index contributed by atoms with van der Waals surface area (Å²) in [6.45, 7) is 4.70. The van der Waals surface area contributed by atoms with Crippen molar-refractivity contribution in [3.05, 3.63) is 63.1 Å². The Bertz CT molecular complexity index is 779. The molecule has 0 saturated heterocycles. The SMILES string of the molecule is CC(C)COc1ccc(C(=O)NNC(=O)Cc2ccc(Cl)cc2)cc1Br. The number of nitrogens with one attached hydrogen (secondary N) is 2. The monoisotopic (exact) mass is 438 g/mol. The lowest BCUT2D eigenvalue weighted by Crippen LogP contribution is -2.42. The van der Waals surface area contributed by atoms with E-state index < -0.39 is 5.91 Å². The molecule has 138 valence electrons. The summed E-state index contributed by atoms with van der Waals surface area (Å²) in [7, 11) is 0. The maximum atomic E-state index is 12.2. The summed E-state index contributed by atoms with van der Waals surface area (Å²) in [5, 5.41) is 0.605. The molecule has 0 aliphatic heterocycles. The Hall–Kier alpha value is -2.05. The van der Waals surface area contributed by atoms with Gasteiger partial charge >= 0.3 is 0 Å². The molecule has 0 fully saturated rings. The molecule has 0 atom stereocenters. The Labute approximate surface area is 166 Å². The average molecular weight is 440 g/mol. The second kappa shape index (κ2) is 9.59. The normalized spacial score (nSPS) is 10.5. The fourth-order valence-electron chi connectivity index (χ4n) is 2.05. The predicted molar refractivity (Wildman–Crippen MR) is 105 cm³/mol. The van der Waals surface area contributed by atoms with E-state index in [1.807, 2.05) is 0 Å². The second-order valence-corrected chi connectivity index (χ2v) is 7.45. The zero-order chi connectivity index (χ0) is 19.1. The quantitative estimate of drug-likeness (QED) is 0.665. The van der Waals surface area contributed by atoms with Gasteiger partial charge in [-0.3, -0.25) is 20.4 Å². The summed E-state index contributed by atoms with van der Waals surface area (Å²) >= 11 is 9.20. The number of carbonyl (C=O) groups excluding carboxylic acids is 2. The van der Waals surface area contributed by atoms with Crippen LogP contribution in [0.5, 0.6) is 5.75 Å². The minimum atomic E-state index is -0.412. The molecule has 0 aliphatic rings. The van der Waals surface area contributed by atoms with Gasteiger partial charge in [-0.2, -0.15) is 0 Å². The van der Waals surface area contributed by atoms with Crippen LogP contribution in [0.4, 0.5) is 0 Å². The fraction of sp³-hybridized carbons (Fsp3) is 0.263. The van der Waals surface area contributed by atoms with Gasteiger partial charge in [0.15, 0.2) is 0 Å². The highest BCUT2D eigenvalue weighted by molar-refractivity contribution is 9.10. The molecular formula is C19H20BrClN2O3. The van der Waals surface area contributed by atoms with Gasteiger partial charge in [0.05, 0.1) is 17.5 Å². The van der Waals surface area contributed by atoms with Crippen LogP contribution in [0.3, 0.4) is 0 Å². The molecule has 2 N–H and O–H groups in total. The number of carbonyl (C=O) groups is 2. The number of halogens is 2. The van der Waals surface area contributed by atoms with Crippen LogP contribution in [-0.2, 0) is 11.2 Å². The Morgan fingerprint density at radius 2 is 1.81 bits per heavy atom. The van der Waals surface area contributed by atoms with E-state index >= 15 is 0 Å². The number of hydrazine groups is 1. The molecule has 0 radical (unpaired) electrons. The molecule has 2 aromatic rings. The molecule has 2 rings (SSSR count). The highest BCUT2D eigenvalue weighted by Gasteiger charge is 2.11. The molecule has 2 amide bonds. The third-order valence-electron chi connectivity index (χ3n) is 3.36. The first-order valence-corrected chi connectivity index (χ1v) is 9.28. The largest absolute Gasteiger partial charge is 0.492 e. The number of benzene rings is 2. The lowest BCUT2D eigenvalue weighted by molar-refractivity contribution is -0.121. The van der Waals surface area contributed by atoms with Gasteiger partial charge < -0.3 is 4.74 Å². The maximum Gasteiger partial charge on any atom is 0.269 e. The predicted octanol–water partition coefficient (Wildman–Crippen LogP) is 4.14. The topological polar surface area (TPSA) is 67.4 Å². The first-order valence-electron chi connectivity index (χ1n) is 8.11. The van der Waals surface area contributed by atoms with Gasteiger partial charge in [0, 0.05) is 10.6 Å².